The van der Waals surface area contributed by atoms with E-state index in [1.165, 1.54) is 6.92 Å². The van der Waals surface area contributed by atoms with E-state index in [2.05, 4.69) is 0 Å². The third kappa shape index (κ3) is 1.84. The summed E-state index contributed by atoms with van der Waals surface area (Å²) in [5, 5.41) is 9.92. The monoisotopic (exact) mass is 305 g/mol. The van der Waals surface area contributed by atoms with Gasteiger partial charge in [-0.15, -0.1) is 11.6 Å². The molecule has 0 aromatic carbocycles. The van der Waals surface area contributed by atoms with Crippen molar-refractivity contribution >= 4 is 33.3 Å². The molecule has 1 amide bonds. The number of hydrogen-bond acceptors (Lipinski definition) is 5. The zero-order valence-corrected chi connectivity index (χ0v) is 14.0. The van der Waals surface area contributed by atoms with E-state index in [1.807, 2.05) is 0 Å². The van der Waals surface area contributed by atoms with Crippen molar-refractivity contribution in [2.45, 2.75) is 29.5 Å². The Kier molecular flexibility index (Phi) is 4.42. The first-order valence-electron chi connectivity index (χ1n) is 4.59. The van der Waals surface area contributed by atoms with E-state index in [1.54, 1.807) is 0 Å². The van der Waals surface area contributed by atoms with Crippen molar-refractivity contribution in [3.05, 3.63) is 0 Å². The Morgan fingerprint density at radius 1 is 1.65 bits per heavy atom. The number of carbonyl (C=O) groups is 2. The third-order valence-corrected chi connectivity index (χ3v) is 6.79. The quantitative estimate of drug-likeness (QED) is 0.289. The minimum absolute atomic E-state index is 0. The summed E-state index contributed by atoms with van der Waals surface area (Å²) in [6, 6.07) is -1.48. The van der Waals surface area contributed by atoms with Gasteiger partial charge in [-0.3, -0.25) is 4.79 Å². The molecule has 0 spiro atoms. The fourth-order valence-corrected chi connectivity index (χ4v) is 5.04. The van der Waals surface area contributed by atoms with Crippen molar-refractivity contribution in [3.8, 4) is 0 Å². The number of β-lactam (4-membered cyclic amide) rings is 1. The van der Waals surface area contributed by atoms with E-state index in [0.717, 1.165) is 4.90 Å². The van der Waals surface area contributed by atoms with E-state index in [9.17, 15) is 23.1 Å². The van der Waals surface area contributed by atoms with E-state index in [0.29, 0.717) is 0 Å². The molecule has 0 unspecified atom stereocenters. The molecule has 0 saturated carbocycles. The minimum Gasteiger partial charge on any atom is -0.548 e. The van der Waals surface area contributed by atoms with Gasteiger partial charge in [0, 0.05) is 5.88 Å². The molecule has 0 aromatic rings. The topological polar surface area (TPSA) is 94.6 Å². The SMILES string of the molecule is C[C@@]1(CCl)[C@H](C(=O)[O-])N2C(=O)C[C@H]2S1(=O)=O.[K+]. The fourth-order valence-electron chi connectivity index (χ4n) is 2.24. The number of aliphatic carboxylic acids is 1. The molecule has 2 aliphatic rings. The molecule has 0 aromatic heterocycles. The second-order valence-corrected chi connectivity index (χ2v) is 7.01. The van der Waals surface area contributed by atoms with Crippen LogP contribution in [-0.2, 0) is 19.4 Å². The van der Waals surface area contributed by atoms with Crippen molar-refractivity contribution in [2.75, 3.05) is 5.88 Å². The van der Waals surface area contributed by atoms with Gasteiger partial charge in [0.1, 0.15) is 10.1 Å². The maximum absolute atomic E-state index is 12.0. The molecule has 2 heterocycles. The second kappa shape index (κ2) is 4.73. The van der Waals surface area contributed by atoms with Gasteiger partial charge in [-0.2, -0.15) is 0 Å². The van der Waals surface area contributed by atoms with Crippen molar-refractivity contribution < 1.29 is 74.5 Å². The summed E-state index contributed by atoms with van der Waals surface area (Å²) in [5.41, 5.74) is 0. The number of nitrogens with zero attached hydrogens (tertiary/aromatic N) is 1. The number of rotatable bonds is 2. The number of alkyl halides is 1. The molecule has 6 nitrogen and oxygen atoms in total. The summed E-state index contributed by atoms with van der Waals surface area (Å²) >= 11 is 5.57. The molecule has 9 heteroatoms. The number of amides is 1. The van der Waals surface area contributed by atoms with Gasteiger partial charge < -0.3 is 14.8 Å². The van der Waals surface area contributed by atoms with Crippen LogP contribution in [0.15, 0.2) is 0 Å². The molecular formula is C8H9ClKNO5S. The molecular weight excluding hydrogens is 297 g/mol. The number of sulfone groups is 1. The second-order valence-electron chi connectivity index (χ2n) is 4.17. The van der Waals surface area contributed by atoms with E-state index in [-0.39, 0.29) is 63.7 Å². The summed E-state index contributed by atoms with van der Waals surface area (Å²) in [6.07, 6.45) is -0.168. The van der Waals surface area contributed by atoms with Gasteiger partial charge in [0.05, 0.1) is 18.4 Å². The zero-order valence-electron chi connectivity index (χ0n) is 9.34. The number of fused-ring (bicyclic) bond motifs is 1. The van der Waals surface area contributed by atoms with E-state index >= 15 is 0 Å². The van der Waals surface area contributed by atoms with Crippen LogP contribution in [0.3, 0.4) is 0 Å². The predicted octanol–water partition coefficient (Wildman–Crippen LogP) is -4.91. The summed E-state index contributed by atoms with van der Waals surface area (Å²) in [6.45, 7) is 1.24. The number of carboxylic acid groups (broad SMARTS) is 1. The molecule has 0 radical (unpaired) electrons. The largest absolute Gasteiger partial charge is 1.00 e. The molecule has 0 bridgehead atoms. The van der Waals surface area contributed by atoms with E-state index in [4.69, 9.17) is 11.6 Å². The maximum atomic E-state index is 12.0. The van der Waals surface area contributed by atoms with Gasteiger partial charge in [-0.1, -0.05) is 0 Å². The van der Waals surface area contributed by atoms with Gasteiger partial charge >= 0.3 is 51.4 Å². The van der Waals surface area contributed by atoms with Crippen LogP contribution in [0, 0.1) is 0 Å². The Bertz CT molecular complexity index is 480. The smallest absolute Gasteiger partial charge is 0.548 e. The van der Waals surface area contributed by atoms with Crippen molar-refractivity contribution in [2.24, 2.45) is 0 Å². The third-order valence-electron chi connectivity index (χ3n) is 3.30. The molecule has 2 fully saturated rings. The Morgan fingerprint density at radius 3 is 2.53 bits per heavy atom. The molecule has 0 N–H and O–H groups in total. The first-order chi connectivity index (χ1) is 7.27. The Hall–Kier alpha value is 0.816. The molecule has 17 heavy (non-hydrogen) atoms. The van der Waals surface area contributed by atoms with Crippen molar-refractivity contribution in [3.63, 3.8) is 0 Å². The molecule has 2 rings (SSSR count). The average molecular weight is 306 g/mol. The van der Waals surface area contributed by atoms with Crippen molar-refractivity contribution in [1.82, 2.24) is 4.90 Å². The Balaban J connectivity index is 0.00000144. The zero-order chi connectivity index (χ0) is 12.3. The minimum atomic E-state index is -3.75. The fraction of sp³-hybridized carbons (Fsp3) is 0.750. The number of carbonyl (C=O) groups excluding carboxylic acids is 2. The number of carboxylic acids is 1. The Morgan fingerprint density at radius 2 is 2.18 bits per heavy atom. The van der Waals surface area contributed by atoms with Crippen molar-refractivity contribution in [1.29, 1.82) is 0 Å². The average Bonchev–Trinajstić information content (AvgIpc) is 2.32. The molecule has 2 aliphatic heterocycles. The molecule has 90 valence electrons. The van der Waals surface area contributed by atoms with Gasteiger partial charge in [0.25, 0.3) is 0 Å². The van der Waals surface area contributed by atoms with E-state index < -0.39 is 37.9 Å². The predicted molar refractivity (Wildman–Crippen MR) is 52.1 cm³/mol. The van der Waals surface area contributed by atoms with Gasteiger partial charge in [-0.05, 0) is 6.92 Å². The maximum Gasteiger partial charge on any atom is 1.00 e. The first kappa shape index (κ1) is 15.9. The number of hydrogen-bond donors (Lipinski definition) is 0. The summed E-state index contributed by atoms with van der Waals surface area (Å²) in [5.74, 6) is -2.45. The molecule has 2 saturated heterocycles. The van der Waals surface area contributed by atoms with Crippen LogP contribution in [0.2, 0.25) is 0 Å². The van der Waals surface area contributed by atoms with Gasteiger partial charge in [0.2, 0.25) is 5.91 Å². The summed E-state index contributed by atoms with van der Waals surface area (Å²) < 4.78 is 22.3. The van der Waals surface area contributed by atoms with Gasteiger partial charge in [0.15, 0.2) is 9.84 Å². The van der Waals surface area contributed by atoms with Crippen LogP contribution >= 0.6 is 11.6 Å². The van der Waals surface area contributed by atoms with Gasteiger partial charge in [-0.25, -0.2) is 8.42 Å². The van der Waals surface area contributed by atoms with Crippen LogP contribution in [-0.4, -0.2) is 47.2 Å². The Labute approximate surface area is 146 Å². The normalized spacial score (nSPS) is 38.0. The summed E-state index contributed by atoms with van der Waals surface area (Å²) in [4.78, 5) is 23.1. The van der Waals surface area contributed by atoms with Crippen LogP contribution in [0.4, 0.5) is 0 Å². The van der Waals surface area contributed by atoms with Crippen LogP contribution in [0.5, 0.6) is 0 Å². The van der Waals surface area contributed by atoms with Crippen LogP contribution in [0.1, 0.15) is 13.3 Å². The molecule has 0 aliphatic carbocycles. The molecule has 3 atom stereocenters. The van der Waals surface area contributed by atoms with Crippen LogP contribution in [0.25, 0.3) is 0 Å². The number of halogens is 1. The first-order valence-corrected chi connectivity index (χ1v) is 6.67. The summed E-state index contributed by atoms with van der Waals surface area (Å²) in [7, 11) is -3.75. The standard InChI is InChI=1S/C8H10ClNO5S.K/c1-8(3-9)6(7(12)13)10-4(11)2-5(10)16(8,14)15;/h5-6H,2-3H2,1H3,(H,12,13);/q;+1/p-1/t5-,6+,8-;/m1./s1. The van der Waals surface area contributed by atoms with Crippen LogP contribution < -0.4 is 56.5 Å².